The van der Waals surface area contributed by atoms with Gasteiger partial charge in [-0.2, -0.15) is 0 Å². The summed E-state index contributed by atoms with van der Waals surface area (Å²) < 4.78 is 24.0. The Morgan fingerprint density at radius 3 is 2.70 bits per heavy atom. The van der Waals surface area contributed by atoms with Gasteiger partial charge in [0.15, 0.2) is 4.80 Å². The molecule has 33 heavy (non-hydrogen) atoms. The van der Waals surface area contributed by atoms with Gasteiger partial charge in [-0.25, -0.2) is 9.79 Å². The van der Waals surface area contributed by atoms with Gasteiger partial charge in [0, 0.05) is 17.2 Å². The summed E-state index contributed by atoms with van der Waals surface area (Å²) in [6.07, 6.45) is 4.76. The highest BCUT2D eigenvalue weighted by atomic mass is 79.9. The van der Waals surface area contributed by atoms with E-state index < -0.39 is 12.0 Å². The molecule has 2 aromatic heterocycles. The van der Waals surface area contributed by atoms with Crippen molar-refractivity contribution < 1.29 is 23.4 Å². The van der Waals surface area contributed by atoms with Crippen molar-refractivity contribution in [3.63, 3.8) is 0 Å². The summed E-state index contributed by atoms with van der Waals surface area (Å²) in [5, 5.41) is 0. The van der Waals surface area contributed by atoms with Crippen LogP contribution in [0.15, 0.2) is 60.7 Å². The molecule has 0 saturated heterocycles. The van der Waals surface area contributed by atoms with Crippen molar-refractivity contribution in [3.8, 4) is 11.5 Å². The maximum absolute atomic E-state index is 13.6. The first-order valence-corrected chi connectivity index (χ1v) is 11.6. The van der Waals surface area contributed by atoms with Crippen molar-refractivity contribution in [2.45, 2.75) is 19.9 Å². The van der Waals surface area contributed by atoms with Crippen LogP contribution in [0, 0.1) is 0 Å². The number of nitrogens with zero attached hydrogens (tertiary/aromatic N) is 2. The lowest BCUT2D eigenvalue weighted by molar-refractivity contribution is -0.139. The molecular weight excluding hydrogens is 512 g/mol. The Labute approximate surface area is 201 Å². The minimum atomic E-state index is -0.703. The average Bonchev–Trinajstić information content (AvgIpc) is 3.42. The molecule has 10 heteroatoms. The van der Waals surface area contributed by atoms with E-state index in [1.54, 1.807) is 46.3 Å². The summed E-state index contributed by atoms with van der Waals surface area (Å²) in [5.74, 6) is 0.649. The van der Waals surface area contributed by atoms with E-state index in [-0.39, 0.29) is 12.2 Å². The second kappa shape index (κ2) is 9.40. The highest BCUT2D eigenvalue weighted by molar-refractivity contribution is 9.10. The molecule has 0 bridgehead atoms. The summed E-state index contributed by atoms with van der Waals surface area (Å²) in [7, 11) is 3.12. The number of allylic oxidation sites excluding steroid dienone is 1. The van der Waals surface area contributed by atoms with Crippen LogP contribution >= 0.6 is 27.3 Å². The number of halogens is 1. The molecule has 1 aliphatic heterocycles. The lowest BCUT2D eigenvalue weighted by Gasteiger charge is -2.23. The number of furan rings is 1. The first-order valence-electron chi connectivity index (χ1n) is 10.0. The summed E-state index contributed by atoms with van der Waals surface area (Å²) in [6, 6.07) is 4.58. The Bertz CT molecular complexity index is 1420. The number of carbonyl (C=O) groups is 1. The second-order valence-electron chi connectivity index (χ2n) is 7.09. The van der Waals surface area contributed by atoms with Crippen LogP contribution in [0.5, 0.6) is 11.5 Å². The number of thiazole rings is 1. The number of ether oxygens (including phenoxy) is 3. The van der Waals surface area contributed by atoms with Gasteiger partial charge in [-0.3, -0.25) is 9.36 Å². The normalized spacial score (nSPS) is 15.8. The van der Waals surface area contributed by atoms with Crippen molar-refractivity contribution >= 4 is 39.3 Å². The third-order valence-electron chi connectivity index (χ3n) is 5.17. The maximum Gasteiger partial charge on any atom is 0.338 e. The summed E-state index contributed by atoms with van der Waals surface area (Å²) in [4.78, 5) is 31.4. The van der Waals surface area contributed by atoms with Gasteiger partial charge in [0.2, 0.25) is 0 Å². The monoisotopic (exact) mass is 532 g/mol. The van der Waals surface area contributed by atoms with Crippen molar-refractivity contribution in [1.82, 2.24) is 4.57 Å². The molecule has 1 atom stereocenters. The number of fused-ring (bicyclic) bond motifs is 1. The van der Waals surface area contributed by atoms with E-state index >= 15 is 0 Å². The van der Waals surface area contributed by atoms with Gasteiger partial charge in [0.1, 0.15) is 17.5 Å². The Kier molecular flexibility index (Phi) is 6.57. The van der Waals surface area contributed by atoms with Gasteiger partial charge >= 0.3 is 5.97 Å². The van der Waals surface area contributed by atoms with Gasteiger partial charge in [-0.1, -0.05) is 11.3 Å². The number of hydrogen-bond donors (Lipinski definition) is 0. The minimum absolute atomic E-state index is 0.213. The molecule has 172 valence electrons. The van der Waals surface area contributed by atoms with E-state index in [1.165, 1.54) is 28.4 Å². The Hall–Kier alpha value is -3.11. The van der Waals surface area contributed by atoms with Crippen LogP contribution in [-0.2, 0) is 9.53 Å². The fraction of sp³-hybridized carbons (Fsp3) is 0.261. The molecule has 0 N–H and O–H groups in total. The number of benzene rings is 1. The van der Waals surface area contributed by atoms with Gasteiger partial charge in [0.05, 0.1) is 53.6 Å². The molecule has 0 fully saturated rings. The number of carbonyl (C=O) groups excluding carboxylic acids is 1. The van der Waals surface area contributed by atoms with E-state index in [4.69, 9.17) is 18.6 Å². The third-order valence-corrected chi connectivity index (χ3v) is 6.77. The molecule has 3 aromatic rings. The summed E-state index contributed by atoms with van der Waals surface area (Å²) in [6.45, 7) is 3.68. The number of rotatable bonds is 6. The molecule has 4 rings (SSSR count). The van der Waals surface area contributed by atoms with Crippen molar-refractivity contribution in [2.75, 3.05) is 20.8 Å². The number of aromatic nitrogens is 1. The van der Waals surface area contributed by atoms with E-state index in [0.29, 0.717) is 43.2 Å². The number of hydrogen-bond acceptors (Lipinski definition) is 8. The predicted molar refractivity (Wildman–Crippen MR) is 126 cm³/mol. The highest BCUT2D eigenvalue weighted by Gasteiger charge is 2.33. The van der Waals surface area contributed by atoms with Gasteiger partial charge in [0.25, 0.3) is 5.56 Å². The molecular formula is C23H21BrN2O6S. The van der Waals surface area contributed by atoms with Crippen LogP contribution in [-0.4, -0.2) is 31.4 Å². The van der Waals surface area contributed by atoms with Crippen LogP contribution in [0.2, 0.25) is 0 Å². The maximum atomic E-state index is 13.6. The van der Waals surface area contributed by atoms with Crippen molar-refractivity contribution in [1.29, 1.82) is 0 Å². The molecule has 1 aliphatic rings. The topological polar surface area (TPSA) is 92.3 Å². The van der Waals surface area contributed by atoms with Crippen LogP contribution in [0.25, 0.3) is 6.08 Å². The molecule has 1 aromatic carbocycles. The lowest BCUT2D eigenvalue weighted by Crippen LogP contribution is -2.39. The molecule has 1 unspecified atom stereocenters. The van der Waals surface area contributed by atoms with Gasteiger partial charge in [-0.05, 0) is 48.0 Å². The Balaban J connectivity index is 1.94. The van der Waals surface area contributed by atoms with E-state index in [0.717, 1.165) is 4.47 Å². The van der Waals surface area contributed by atoms with Crippen molar-refractivity contribution in [3.05, 3.63) is 77.3 Å². The zero-order valence-corrected chi connectivity index (χ0v) is 20.8. The SMILES string of the molecule is CCOC(=O)C1=C(C)N=c2s/c(=C/c3cc(Br)c(OC)cc3OC)c(=O)n2C1c1ccoc1. The largest absolute Gasteiger partial charge is 0.496 e. The smallest absolute Gasteiger partial charge is 0.338 e. The molecule has 3 heterocycles. The molecule has 0 spiro atoms. The molecule has 0 amide bonds. The van der Waals surface area contributed by atoms with E-state index in [9.17, 15) is 9.59 Å². The average molecular weight is 533 g/mol. The molecule has 0 aliphatic carbocycles. The Morgan fingerprint density at radius 1 is 1.30 bits per heavy atom. The zero-order valence-electron chi connectivity index (χ0n) is 18.4. The number of methoxy groups -OCH3 is 2. The first kappa shape index (κ1) is 23.1. The fourth-order valence-corrected chi connectivity index (χ4v) is 5.24. The Morgan fingerprint density at radius 2 is 2.06 bits per heavy atom. The molecule has 0 radical (unpaired) electrons. The second-order valence-corrected chi connectivity index (χ2v) is 8.95. The summed E-state index contributed by atoms with van der Waals surface area (Å²) in [5.41, 5.74) is 1.87. The first-order chi connectivity index (χ1) is 15.9. The zero-order chi connectivity index (χ0) is 23.7. The molecule has 8 nitrogen and oxygen atoms in total. The summed E-state index contributed by atoms with van der Waals surface area (Å²) >= 11 is 4.71. The lowest BCUT2D eigenvalue weighted by atomic mass is 9.98. The third kappa shape index (κ3) is 4.16. The highest BCUT2D eigenvalue weighted by Crippen LogP contribution is 2.33. The number of esters is 1. The van der Waals surface area contributed by atoms with Gasteiger partial charge in [-0.15, -0.1) is 0 Å². The predicted octanol–water partition coefficient (Wildman–Crippen LogP) is 3.17. The van der Waals surface area contributed by atoms with Crippen molar-refractivity contribution in [2.24, 2.45) is 4.99 Å². The standard InChI is InChI=1S/C23H21BrN2O6S/c1-5-32-22(28)19-12(2)25-23-26(20(19)13-6-7-31-11-13)21(27)18(33-23)9-14-8-15(24)17(30-4)10-16(14)29-3/h6-11,20H,5H2,1-4H3/b18-9+. The minimum Gasteiger partial charge on any atom is -0.496 e. The van der Waals surface area contributed by atoms with Crippen LogP contribution in [0.1, 0.15) is 31.0 Å². The fourth-order valence-electron chi connectivity index (χ4n) is 3.67. The van der Waals surface area contributed by atoms with Crippen LogP contribution < -0.4 is 24.4 Å². The van der Waals surface area contributed by atoms with Crippen LogP contribution in [0.3, 0.4) is 0 Å². The van der Waals surface area contributed by atoms with Gasteiger partial charge < -0.3 is 18.6 Å². The van der Waals surface area contributed by atoms with E-state index in [1.807, 2.05) is 6.07 Å². The molecule has 0 saturated carbocycles. The van der Waals surface area contributed by atoms with E-state index in [2.05, 4.69) is 20.9 Å². The quantitative estimate of drug-likeness (QED) is 0.452. The van der Waals surface area contributed by atoms with Crippen LogP contribution in [0.4, 0.5) is 0 Å².